The first-order chi connectivity index (χ1) is 4.18. The Bertz CT molecular complexity index is 154. The Kier molecular flexibility index (Phi) is 3.37. The molecule has 0 aromatic heterocycles. The highest BCUT2D eigenvalue weighted by atomic mass is 35.5. The summed E-state index contributed by atoms with van der Waals surface area (Å²) in [6.07, 6.45) is 1.89. The lowest BCUT2D eigenvalue weighted by molar-refractivity contribution is 0.149. The van der Waals surface area contributed by atoms with E-state index in [1.54, 1.807) is 0 Å². The fraction of sp³-hybridized carbons (Fsp3) is 0.429. The summed E-state index contributed by atoms with van der Waals surface area (Å²) in [5.41, 5.74) is -1.10. The van der Waals surface area contributed by atoms with Crippen LogP contribution in [0.3, 0.4) is 0 Å². The van der Waals surface area contributed by atoms with E-state index in [-0.39, 0.29) is 0 Å². The standard InChI is InChI=1S/C7H9ClO/c1-3-7(9,4-2)5-6-8/h3,9H,1,4H2,2H3. The van der Waals surface area contributed by atoms with Crippen molar-refractivity contribution in [3.05, 3.63) is 12.7 Å². The number of aliphatic hydroxyl groups is 1. The molecule has 9 heavy (non-hydrogen) atoms. The highest BCUT2D eigenvalue weighted by Gasteiger charge is 2.14. The Hall–Kier alpha value is -0.450. The van der Waals surface area contributed by atoms with Crippen molar-refractivity contribution < 1.29 is 5.11 Å². The topological polar surface area (TPSA) is 20.2 Å². The molecule has 1 unspecified atom stereocenters. The van der Waals surface area contributed by atoms with Crippen LogP contribution in [0.2, 0.25) is 0 Å². The predicted octanol–water partition coefficient (Wildman–Crippen LogP) is 1.51. The van der Waals surface area contributed by atoms with E-state index in [9.17, 15) is 5.11 Å². The molecule has 0 aliphatic rings. The molecule has 2 heteroatoms. The van der Waals surface area contributed by atoms with Gasteiger partial charge in [0.25, 0.3) is 0 Å². The van der Waals surface area contributed by atoms with Gasteiger partial charge >= 0.3 is 0 Å². The summed E-state index contributed by atoms with van der Waals surface area (Å²) in [7, 11) is 0. The Balaban J connectivity index is 4.21. The van der Waals surface area contributed by atoms with Crippen molar-refractivity contribution in [2.24, 2.45) is 0 Å². The van der Waals surface area contributed by atoms with E-state index >= 15 is 0 Å². The van der Waals surface area contributed by atoms with Gasteiger partial charge in [-0.15, -0.1) is 0 Å². The van der Waals surface area contributed by atoms with Crippen LogP contribution in [0, 0.1) is 11.3 Å². The average molecular weight is 145 g/mol. The molecule has 0 radical (unpaired) electrons. The van der Waals surface area contributed by atoms with Crippen LogP contribution >= 0.6 is 11.6 Å². The minimum Gasteiger partial charge on any atom is -0.374 e. The van der Waals surface area contributed by atoms with Crippen molar-refractivity contribution in [2.45, 2.75) is 18.9 Å². The second-order valence-electron chi connectivity index (χ2n) is 1.70. The van der Waals surface area contributed by atoms with Gasteiger partial charge in [0.15, 0.2) is 0 Å². The molecule has 0 rings (SSSR count). The van der Waals surface area contributed by atoms with E-state index in [0.29, 0.717) is 6.42 Å². The van der Waals surface area contributed by atoms with Gasteiger partial charge in [0, 0.05) is 5.38 Å². The fourth-order valence-corrected chi connectivity index (χ4v) is 0.529. The molecule has 0 heterocycles. The predicted molar refractivity (Wildman–Crippen MR) is 39.1 cm³/mol. The number of hydrogen-bond donors (Lipinski definition) is 1. The van der Waals surface area contributed by atoms with Crippen molar-refractivity contribution in [3.8, 4) is 11.3 Å². The molecule has 0 aliphatic carbocycles. The van der Waals surface area contributed by atoms with E-state index in [0.717, 1.165) is 0 Å². The van der Waals surface area contributed by atoms with Crippen LogP contribution in [0.25, 0.3) is 0 Å². The zero-order chi connectivity index (χ0) is 7.33. The van der Waals surface area contributed by atoms with Crippen molar-refractivity contribution in [2.75, 3.05) is 0 Å². The van der Waals surface area contributed by atoms with Gasteiger partial charge in [-0.25, -0.2) is 0 Å². The van der Waals surface area contributed by atoms with Gasteiger partial charge in [0.2, 0.25) is 0 Å². The zero-order valence-corrected chi connectivity index (χ0v) is 6.07. The second-order valence-corrected chi connectivity index (χ2v) is 1.89. The van der Waals surface area contributed by atoms with Gasteiger partial charge in [-0.1, -0.05) is 13.5 Å². The summed E-state index contributed by atoms with van der Waals surface area (Å²) in [6.45, 7) is 5.22. The maximum atomic E-state index is 9.25. The highest BCUT2D eigenvalue weighted by Crippen LogP contribution is 2.08. The van der Waals surface area contributed by atoms with Crippen molar-refractivity contribution in [1.29, 1.82) is 0 Å². The van der Waals surface area contributed by atoms with Crippen LogP contribution < -0.4 is 0 Å². The summed E-state index contributed by atoms with van der Waals surface area (Å²) >= 11 is 5.07. The van der Waals surface area contributed by atoms with Gasteiger partial charge < -0.3 is 5.11 Å². The smallest absolute Gasteiger partial charge is 0.144 e. The molecule has 1 nitrogen and oxygen atoms in total. The molecule has 50 valence electrons. The van der Waals surface area contributed by atoms with Crippen LogP contribution in [0.5, 0.6) is 0 Å². The Morgan fingerprint density at radius 1 is 1.89 bits per heavy atom. The fourth-order valence-electron chi connectivity index (χ4n) is 0.366. The van der Waals surface area contributed by atoms with Gasteiger partial charge in [0.1, 0.15) is 5.60 Å². The summed E-state index contributed by atoms with van der Waals surface area (Å²) in [5.74, 6) is 2.41. The summed E-state index contributed by atoms with van der Waals surface area (Å²) in [4.78, 5) is 0. The van der Waals surface area contributed by atoms with E-state index < -0.39 is 5.60 Å². The third-order valence-electron chi connectivity index (χ3n) is 1.14. The Morgan fingerprint density at radius 3 is 2.56 bits per heavy atom. The SMILES string of the molecule is C=CC(O)(C#CCl)CC. The van der Waals surface area contributed by atoms with Crippen LogP contribution in [-0.4, -0.2) is 10.7 Å². The maximum Gasteiger partial charge on any atom is 0.144 e. The number of halogens is 1. The molecular formula is C7H9ClO. The van der Waals surface area contributed by atoms with Crippen LogP contribution in [0.15, 0.2) is 12.7 Å². The molecule has 0 spiro atoms. The molecule has 0 saturated heterocycles. The molecule has 0 aromatic carbocycles. The molecular weight excluding hydrogens is 136 g/mol. The average Bonchev–Trinajstić information content (AvgIpc) is 1.89. The quantitative estimate of drug-likeness (QED) is 0.460. The van der Waals surface area contributed by atoms with Gasteiger partial charge in [0.05, 0.1) is 0 Å². The molecule has 0 saturated carbocycles. The molecule has 1 N–H and O–H groups in total. The van der Waals surface area contributed by atoms with Crippen molar-refractivity contribution in [1.82, 2.24) is 0 Å². The third kappa shape index (κ3) is 2.55. The second kappa shape index (κ2) is 3.55. The molecule has 0 amide bonds. The number of hydrogen-bond acceptors (Lipinski definition) is 1. The minimum atomic E-state index is -1.10. The Labute approximate surface area is 60.3 Å². The van der Waals surface area contributed by atoms with Gasteiger partial charge in [-0.05, 0) is 30.0 Å². The first-order valence-electron chi connectivity index (χ1n) is 2.67. The first-order valence-corrected chi connectivity index (χ1v) is 3.05. The van der Waals surface area contributed by atoms with E-state index in [1.807, 2.05) is 6.92 Å². The minimum absolute atomic E-state index is 0.510. The summed E-state index contributed by atoms with van der Waals surface area (Å²) in [5, 5.41) is 11.4. The molecule has 0 fully saturated rings. The van der Waals surface area contributed by atoms with Crippen LogP contribution in [0.4, 0.5) is 0 Å². The van der Waals surface area contributed by atoms with Crippen molar-refractivity contribution >= 4 is 11.6 Å². The largest absolute Gasteiger partial charge is 0.374 e. The summed E-state index contributed by atoms with van der Waals surface area (Å²) < 4.78 is 0. The van der Waals surface area contributed by atoms with E-state index in [4.69, 9.17) is 11.6 Å². The lowest BCUT2D eigenvalue weighted by atomic mass is 10.0. The van der Waals surface area contributed by atoms with Crippen molar-refractivity contribution in [3.63, 3.8) is 0 Å². The molecule has 0 bridgehead atoms. The lowest BCUT2D eigenvalue weighted by Gasteiger charge is -2.12. The van der Waals surface area contributed by atoms with E-state index in [1.165, 1.54) is 6.08 Å². The van der Waals surface area contributed by atoms with Gasteiger partial charge in [-0.2, -0.15) is 0 Å². The molecule has 1 atom stereocenters. The van der Waals surface area contributed by atoms with Crippen LogP contribution in [-0.2, 0) is 0 Å². The summed E-state index contributed by atoms with van der Waals surface area (Å²) in [6, 6.07) is 0. The maximum absolute atomic E-state index is 9.25. The molecule has 0 aromatic rings. The Morgan fingerprint density at radius 2 is 2.44 bits per heavy atom. The lowest BCUT2D eigenvalue weighted by Crippen LogP contribution is -2.20. The van der Waals surface area contributed by atoms with Crippen LogP contribution in [0.1, 0.15) is 13.3 Å². The zero-order valence-electron chi connectivity index (χ0n) is 5.32. The highest BCUT2D eigenvalue weighted by molar-refractivity contribution is 6.30. The monoisotopic (exact) mass is 144 g/mol. The normalized spacial score (nSPS) is 15.0. The van der Waals surface area contributed by atoms with E-state index in [2.05, 4.69) is 17.9 Å². The third-order valence-corrected chi connectivity index (χ3v) is 1.23. The number of rotatable bonds is 2. The molecule has 0 aliphatic heterocycles. The first kappa shape index (κ1) is 8.55. The van der Waals surface area contributed by atoms with Gasteiger partial charge in [-0.3, -0.25) is 0 Å².